The van der Waals surface area contributed by atoms with Crippen LogP contribution in [0.15, 0.2) is 33.7 Å². The van der Waals surface area contributed by atoms with Crippen molar-refractivity contribution in [1.82, 2.24) is 10.5 Å². The molecule has 1 aliphatic rings. The normalized spacial score (nSPS) is 19.1. The molecule has 0 unspecified atom stereocenters. The summed E-state index contributed by atoms with van der Waals surface area (Å²) in [5, 5.41) is 6.77. The van der Waals surface area contributed by atoms with E-state index in [9.17, 15) is 13.2 Å². The van der Waals surface area contributed by atoms with E-state index in [0.29, 0.717) is 28.3 Å². The fourth-order valence-electron chi connectivity index (χ4n) is 2.90. The summed E-state index contributed by atoms with van der Waals surface area (Å²) < 4.78 is 29.3. The molecule has 6 nitrogen and oxygen atoms in total. The van der Waals surface area contributed by atoms with Gasteiger partial charge in [0.2, 0.25) is 5.91 Å². The van der Waals surface area contributed by atoms with Gasteiger partial charge in [-0.3, -0.25) is 4.79 Å². The Hall–Kier alpha value is -2.15. The highest BCUT2D eigenvalue weighted by Crippen LogP contribution is 2.31. The van der Waals surface area contributed by atoms with Gasteiger partial charge in [-0.05, 0) is 31.9 Å². The lowest BCUT2D eigenvalue weighted by Gasteiger charge is -2.26. The molecule has 0 bridgehead atoms. The van der Waals surface area contributed by atoms with E-state index >= 15 is 0 Å². The lowest BCUT2D eigenvalue weighted by Crippen LogP contribution is -2.34. The second-order valence-corrected chi connectivity index (χ2v) is 7.82. The summed E-state index contributed by atoms with van der Waals surface area (Å²) in [4.78, 5) is 12.6. The SMILES string of the molecule is Cc1noc(C)c1CC(=O)N[C@@H]1CCS(=O)(=O)c2ccccc21. The molecule has 122 valence electrons. The van der Waals surface area contributed by atoms with E-state index in [2.05, 4.69) is 10.5 Å². The van der Waals surface area contributed by atoms with Crippen LogP contribution < -0.4 is 5.32 Å². The highest BCUT2D eigenvalue weighted by Gasteiger charge is 2.30. The molecular formula is C16H18N2O4S. The van der Waals surface area contributed by atoms with Crippen molar-refractivity contribution < 1.29 is 17.7 Å². The van der Waals surface area contributed by atoms with Crippen LogP contribution >= 0.6 is 0 Å². The number of nitrogens with zero attached hydrogens (tertiary/aromatic N) is 1. The molecule has 1 atom stereocenters. The number of benzene rings is 1. The Bertz CT molecular complexity index is 835. The zero-order valence-electron chi connectivity index (χ0n) is 13.0. The third-order valence-electron chi connectivity index (χ3n) is 4.16. The molecule has 1 aromatic heterocycles. The van der Waals surface area contributed by atoms with Gasteiger partial charge in [0, 0.05) is 5.56 Å². The average Bonchev–Trinajstić information content (AvgIpc) is 2.82. The van der Waals surface area contributed by atoms with Crippen LogP contribution in [-0.2, 0) is 21.1 Å². The maximum absolute atomic E-state index is 12.3. The largest absolute Gasteiger partial charge is 0.361 e. The Labute approximate surface area is 134 Å². The predicted octanol–water partition coefficient (Wildman–Crippen LogP) is 1.87. The maximum Gasteiger partial charge on any atom is 0.225 e. The minimum atomic E-state index is -3.25. The molecule has 0 spiro atoms. The van der Waals surface area contributed by atoms with Gasteiger partial charge >= 0.3 is 0 Å². The molecule has 0 aliphatic carbocycles. The highest BCUT2D eigenvalue weighted by molar-refractivity contribution is 7.91. The molecule has 0 radical (unpaired) electrons. The van der Waals surface area contributed by atoms with Gasteiger partial charge in [-0.15, -0.1) is 0 Å². The summed E-state index contributed by atoms with van der Waals surface area (Å²) >= 11 is 0. The molecule has 1 aromatic carbocycles. The number of amides is 1. The summed E-state index contributed by atoms with van der Waals surface area (Å²) in [6, 6.07) is 6.55. The van der Waals surface area contributed by atoms with Crippen molar-refractivity contribution in [1.29, 1.82) is 0 Å². The second-order valence-electron chi connectivity index (χ2n) is 5.74. The number of nitrogens with one attached hydrogen (secondary N) is 1. The third kappa shape index (κ3) is 3.01. The van der Waals surface area contributed by atoms with Crippen LogP contribution in [0.4, 0.5) is 0 Å². The Kier molecular flexibility index (Phi) is 3.97. The van der Waals surface area contributed by atoms with Crippen molar-refractivity contribution in [3.63, 3.8) is 0 Å². The Morgan fingerprint density at radius 3 is 2.78 bits per heavy atom. The van der Waals surface area contributed by atoms with Crippen molar-refractivity contribution in [2.45, 2.75) is 37.6 Å². The molecular weight excluding hydrogens is 316 g/mol. The molecule has 2 aromatic rings. The molecule has 1 aliphatic heterocycles. The van der Waals surface area contributed by atoms with Gasteiger partial charge in [-0.25, -0.2) is 8.42 Å². The molecule has 1 amide bonds. The van der Waals surface area contributed by atoms with E-state index in [1.807, 2.05) is 0 Å². The number of sulfone groups is 1. The number of aromatic nitrogens is 1. The number of fused-ring (bicyclic) bond motifs is 1. The van der Waals surface area contributed by atoms with Crippen LogP contribution in [0.25, 0.3) is 0 Å². The second kappa shape index (κ2) is 5.81. The van der Waals surface area contributed by atoms with Gasteiger partial charge < -0.3 is 9.84 Å². The summed E-state index contributed by atoms with van der Waals surface area (Å²) in [7, 11) is -3.25. The zero-order chi connectivity index (χ0) is 16.6. The summed E-state index contributed by atoms with van der Waals surface area (Å²) in [5.41, 5.74) is 2.13. The lowest BCUT2D eigenvalue weighted by atomic mass is 10.0. The van der Waals surface area contributed by atoms with E-state index in [0.717, 1.165) is 5.56 Å². The van der Waals surface area contributed by atoms with Crippen LogP contribution in [0, 0.1) is 13.8 Å². The summed E-state index contributed by atoms with van der Waals surface area (Å²) in [6.07, 6.45) is 0.555. The zero-order valence-corrected chi connectivity index (χ0v) is 13.8. The Morgan fingerprint density at radius 2 is 2.09 bits per heavy atom. The van der Waals surface area contributed by atoms with Crippen molar-refractivity contribution in [3.05, 3.63) is 46.8 Å². The fraction of sp³-hybridized carbons (Fsp3) is 0.375. The molecule has 3 rings (SSSR count). The van der Waals surface area contributed by atoms with Gasteiger partial charge in [0.15, 0.2) is 9.84 Å². The summed E-state index contributed by atoms with van der Waals surface area (Å²) in [5.74, 6) is 0.503. The molecule has 0 fully saturated rings. The molecule has 7 heteroatoms. The molecule has 2 heterocycles. The smallest absolute Gasteiger partial charge is 0.225 e. The van der Waals surface area contributed by atoms with E-state index < -0.39 is 9.84 Å². The molecule has 23 heavy (non-hydrogen) atoms. The number of carbonyl (C=O) groups is 1. The van der Waals surface area contributed by atoms with E-state index in [-0.39, 0.29) is 24.1 Å². The number of aryl methyl sites for hydroxylation is 2. The number of hydrogen-bond donors (Lipinski definition) is 1. The fourth-order valence-corrected chi connectivity index (χ4v) is 4.52. The van der Waals surface area contributed by atoms with Gasteiger partial charge in [0.05, 0.1) is 28.8 Å². The lowest BCUT2D eigenvalue weighted by molar-refractivity contribution is -0.121. The predicted molar refractivity (Wildman–Crippen MR) is 83.7 cm³/mol. The van der Waals surface area contributed by atoms with Gasteiger partial charge in [-0.2, -0.15) is 0 Å². The highest BCUT2D eigenvalue weighted by atomic mass is 32.2. The number of hydrogen-bond acceptors (Lipinski definition) is 5. The first kappa shape index (κ1) is 15.7. The number of carbonyl (C=O) groups excluding carboxylic acids is 1. The minimum absolute atomic E-state index is 0.0419. The monoisotopic (exact) mass is 334 g/mol. The van der Waals surface area contributed by atoms with Crippen molar-refractivity contribution in [2.24, 2.45) is 0 Å². The molecule has 0 saturated heterocycles. The summed E-state index contributed by atoms with van der Waals surface area (Å²) in [6.45, 7) is 3.56. The third-order valence-corrected chi connectivity index (χ3v) is 5.97. The van der Waals surface area contributed by atoms with Gasteiger partial charge in [0.1, 0.15) is 5.76 Å². The van der Waals surface area contributed by atoms with Crippen molar-refractivity contribution in [2.75, 3.05) is 5.75 Å². The first-order valence-electron chi connectivity index (χ1n) is 7.41. The van der Waals surface area contributed by atoms with Crippen LogP contribution in [0.1, 0.15) is 35.0 Å². The van der Waals surface area contributed by atoms with Crippen LogP contribution in [0.2, 0.25) is 0 Å². The first-order chi connectivity index (χ1) is 10.9. The van der Waals surface area contributed by atoms with Crippen LogP contribution in [0.3, 0.4) is 0 Å². The van der Waals surface area contributed by atoms with E-state index in [1.165, 1.54) is 0 Å². The van der Waals surface area contributed by atoms with Crippen LogP contribution in [-0.4, -0.2) is 25.2 Å². The van der Waals surface area contributed by atoms with Crippen molar-refractivity contribution in [3.8, 4) is 0 Å². The first-order valence-corrected chi connectivity index (χ1v) is 9.06. The van der Waals surface area contributed by atoms with Crippen molar-refractivity contribution >= 4 is 15.7 Å². The van der Waals surface area contributed by atoms with Gasteiger partial charge in [0.25, 0.3) is 0 Å². The Morgan fingerprint density at radius 1 is 1.35 bits per heavy atom. The Balaban J connectivity index is 1.80. The minimum Gasteiger partial charge on any atom is -0.361 e. The topological polar surface area (TPSA) is 89.3 Å². The standard InChI is InChI=1S/C16H18N2O4S/c1-10-13(11(2)22-18-10)9-16(19)17-14-7-8-23(20,21)15-6-4-3-5-12(14)15/h3-6,14H,7-9H2,1-2H3,(H,17,19)/t14-/m1/s1. The van der Waals surface area contributed by atoms with Gasteiger partial charge in [-0.1, -0.05) is 23.4 Å². The maximum atomic E-state index is 12.3. The number of rotatable bonds is 3. The molecule has 0 saturated carbocycles. The molecule has 1 N–H and O–H groups in total. The quantitative estimate of drug-likeness (QED) is 0.925. The van der Waals surface area contributed by atoms with Crippen LogP contribution in [0.5, 0.6) is 0 Å². The van der Waals surface area contributed by atoms with E-state index in [1.54, 1.807) is 38.1 Å². The average molecular weight is 334 g/mol. The van der Waals surface area contributed by atoms with E-state index in [4.69, 9.17) is 4.52 Å².